The molecule has 8 nitrogen and oxygen atoms in total. The zero-order chi connectivity index (χ0) is 53.6. The first-order valence-corrected chi connectivity index (χ1v) is 28.1. The summed E-state index contributed by atoms with van der Waals surface area (Å²) in [6, 6.07) is 56.8. The van der Waals surface area contributed by atoms with Gasteiger partial charge in [-0.3, -0.25) is 9.98 Å². The van der Waals surface area contributed by atoms with Crippen molar-refractivity contribution in [2.24, 2.45) is 21.3 Å². The smallest absolute Gasteiger partial charge is 0.228 e. The Balaban J connectivity index is 0.000000155. The van der Waals surface area contributed by atoms with Crippen LogP contribution in [0.15, 0.2) is 168 Å². The number of nitrogens with zero attached hydrogens (tertiary/aromatic N) is 6. The van der Waals surface area contributed by atoms with Crippen LogP contribution in [0.1, 0.15) is 92.9 Å². The van der Waals surface area contributed by atoms with Gasteiger partial charge in [-0.25, -0.2) is 0 Å². The van der Waals surface area contributed by atoms with Crippen LogP contribution in [0.3, 0.4) is 0 Å². The first-order valence-electron chi connectivity index (χ1n) is 28.1. The number of hydrogen-bond donors (Lipinski definition) is 0. The SMILES string of the molecule is CC(C)CN1c2ccccc2C(C)(C)C12C=Nc1c(cc(N3CCc4ccccc43)c3ccccc13)O2.CCN(CC)c1ccc(-c2cc3c(c4ccccc24)OC2(C=N3)N(CC(C)(C)C)c3ccccc3C2(C)C)cc1. The van der Waals surface area contributed by atoms with E-state index in [0.29, 0.717) is 5.92 Å². The summed E-state index contributed by atoms with van der Waals surface area (Å²) in [6.07, 6.45) is 5.20. The minimum Gasteiger partial charge on any atom is -0.459 e. The van der Waals surface area contributed by atoms with Crippen LogP contribution >= 0.6 is 0 Å². The molecule has 0 N–H and O–H groups in total. The van der Waals surface area contributed by atoms with Crippen molar-refractivity contribution in [3.8, 4) is 22.6 Å². The van der Waals surface area contributed by atoms with Crippen molar-refractivity contribution in [3.05, 3.63) is 174 Å². The molecule has 0 aliphatic carbocycles. The van der Waals surface area contributed by atoms with E-state index >= 15 is 0 Å². The minimum atomic E-state index is -0.729. The van der Waals surface area contributed by atoms with E-state index < -0.39 is 11.4 Å². The Morgan fingerprint density at radius 3 is 1.79 bits per heavy atom. The van der Waals surface area contributed by atoms with E-state index in [1.54, 1.807) is 0 Å². The number of para-hydroxylation sites is 3. The number of fused-ring (bicyclic) bond motifs is 9. The Kier molecular flexibility index (Phi) is 12.1. The zero-order valence-electron chi connectivity index (χ0n) is 47.0. The lowest BCUT2D eigenvalue weighted by molar-refractivity contribution is 0.0731. The van der Waals surface area contributed by atoms with E-state index in [9.17, 15) is 0 Å². The van der Waals surface area contributed by atoms with Gasteiger partial charge in [0.2, 0.25) is 11.4 Å². The van der Waals surface area contributed by atoms with E-state index in [2.05, 4.69) is 266 Å². The highest BCUT2D eigenvalue weighted by Gasteiger charge is 2.61. The molecule has 0 saturated carbocycles. The molecule has 5 aliphatic heterocycles. The third kappa shape index (κ3) is 7.90. The molecule has 77 heavy (non-hydrogen) atoms. The van der Waals surface area contributed by atoms with Gasteiger partial charge >= 0.3 is 0 Å². The fourth-order valence-electron chi connectivity index (χ4n) is 13.2. The highest BCUT2D eigenvalue weighted by Crippen LogP contribution is 2.58. The van der Waals surface area contributed by atoms with Gasteiger partial charge < -0.3 is 29.1 Å². The van der Waals surface area contributed by atoms with Gasteiger partial charge in [-0.1, -0.05) is 150 Å². The third-order valence-electron chi connectivity index (χ3n) is 17.2. The summed E-state index contributed by atoms with van der Waals surface area (Å²) in [6.45, 7) is 29.7. The highest BCUT2D eigenvalue weighted by molar-refractivity contribution is 6.08. The van der Waals surface area contributed by atoms with Crippen molar-refractivity contribution >= 4 is 73.8 Å². The maximum atomic E-state index is 7.29. The highest BCUT2D eigenvalue weighted by atomic mass is 16.5. The van der Waals surface area contributed by atoms with Crippen molar-refractivity contribution < 1.29 is 9.47 Å². The Morgan fingerprint density at radius 2 is 1.14 bits per heavy atom. The van der Waals surface area contributed by atoms with Crippen molar-refractivity contribution in [1.29, 1.82) is 0 Å². The molecule has 5 heterocycles. The molecule has 392 valence electrons. The largest absolute Gasteiger partial charge is 0.459 e. The molecule has 0 amide bonds. The van der Waals surface area contributed by atoms with E-state index in [1.807, 2.05) is 0 Å². The molecule has 8 aromatic rings. The van der Waals surface area contributed by atoms with Crippen LogP contribution in [0.4, 0.5) is 39.8 Å². The van der Waals surface area contributed by atoms with Crippen molar-refractivity contribution in [3.63, 3.8) is 0 Å². The van der Waals surface area contributed by atoms with Gasteiger partial charge in [0.25, 0.3) is 0 Å². The van der Waals surface area contributed by atoms with Crippen LogP contribution in [0.2, 0.25) is 0 Å². The van der Waals surface area contributed by atoms with Crippen LogP contribution in [0, 0.1) is 11.3 Å². The Hall–Kier alpha value is -7.58. The van der Waals surface area contributed by atoms with Crippen LogP contribution in [0.25, 0.3) is 32.7 Å². The van der Waals surface area contributed by atoms with Gasteiger partial charge in [0.1, 0.15) is 11.4 Å². The molecule has 2 spiro atoms. The molecular weight excluding hydrogens is 945 g/mol. The molecular formula is C69H74N6O2. The lowest BCUT2D eigenvalue weighted by Gasteiger charge is -2.48. The molecule has 0 aromatic heterocycles. The monoisotopic (exact) mass is 1020 g/mol. The van der Waals surface area contributed by atoms with Crippen molar-refractivity contribution in [2.75, 3.05) is 52.3 Å². The van der Waals surface area contributed by atoms with Crippen LogP contribution in [-0.2, 0) is 17.3 Å². The lowest BCUT2D eigenvalue weighted by Crippen LogP contribution is -2.63. The molecule has 2 unspecified atom stereocenters. The molecule has 0 fully saturated rings. The number of aliphatic imine (C=N–C) groups is 2. The number of ether oxygens (including phenoxy) is 2. The van der Waals surface area contributed by atoms with Crippen molar-refractivity contribution in [2.45, 2.75) is 105 Å². The molecule has 8 heteroatoms. The summed E-state index contributed by atoms with van der Waals surface area (Å²) >= 11 is 0. The maximum absolute atomic E-state index is 7.29. The predicted octanol–water partition coefficient (Wildman–Crippen LogP) is 16.8. The van der Waals surface area contributed by atoms with Crippen LogP contribution in [-0.4, -0.2) is 56.6 Å². The molecule has 8 aromatic carbocycles. The molecule has 5 aliphatic rings. The summed E-state index contributed by atoms with van der Waals surface area (Å²) in [5.74, 6) is 2.20. The van der Waals surface area contributed by atoms with Crippen LogP contribution in [0.5, 0.6) is 11.5 Å². The lowest BCUT2D eigenvalue weighted by atomic mass is 9.77. The number of hydrogen-bond acceptors (Lipinski definition) is 8. The fourth-order valence-corrected chi connectivity index (χ4v) is 13.2. The average molecular weight is 1020 g/mol. The number of anilines is 5. The van der Waals surface area contributed by atoms with Gasteiger partial charge in [-0.05, 0) is 129 Å². The third-order valence-corrected chi connectivity index (χ3v) is 17.2. The quantitative estimate of drug-likeness (QED) is 0.151. The second-order valence-electron chi connectivity index (χ2n) is 24.4. The Labute approximate surface area is 456 Å². The summed E-state index contributed by atoms with van der Waals surface area (Å²) in [4.78, 5) is 20.1. The number of rotatable bonds is 8. The van der Waals surface area contributed by atoms with Gasteiger partial charge in [0.05, 0.1) is 28.9 Å². The number of benzene rings is 8. The maximum Gasteiger partial charge on any atom is 0.228 e. The molecule has 13 rings (SSSR count). The second kappa shape index (κ2) is 18.6. The summed E-state index contributed by atoms with van der Waals surface area (Å²) in [5.41, 5.74) is 12.4. The Bertz CT molecular complexity index is 3640. The van der Waals surface area contributed by atoms with E-state index in [4.69, 9.17) is 19.5 Å². The molecule has 2 atom stereocenters. The first-order chi connectivity index (χ1) is 37.0. The Morgan fingerprint density at radius 1 is 0.584 bits per heavy atom. The van der Waals surface area contributed by atoms with Gasteiger partial charge in [0, 0.05) is 77.7 Å². The van der Waals surface area contributed by atoms with Gasteiger partial charge in [0.15, 0.2) is 11.5 Å². The zero-order valence-corrected chi connectivity index (χ0v) is 47.0. The second-order valence-corrected chi connectivity index (χ2v) is 24.4. The standard InChI is InChI=1S/C36H41N3O.C33H33N3O/c1-8-38(9-2)26-20-18-25(19-21-26)29-22-31-33(28-15-11-10-14-27(28)29)40-36(23-37-31)35(6,7)30-16-12-13-17-32(30)39(36)24-34(3,4)5;1-22(2)20-36-28-16-10-8-14-26(28)32(3,4)33(36)21-34-31-25-13-7-6-12-24(25)29(19-30(31)37-33)35-18-17-23-11-5-9-15-27(23)35/h10-23H,8-9,24H2,1-7H3;5-16,19,21-22H,17-18,20H2,1-4H3. The van der Waals surface area contributed by atoms with Crippen LogP contribution < -0.4 is 29.1 Å². The van der Waals surface area contributed by atoms with E-state index in [-0.39, 0.29) is 16.2 Å². The van der Waals surface area contributed by atoms with E-state index in [0.717, 1.165) is 72.8 Å². The summed E-state index contributed by atoms with van der Waals surface area (Å²) in [7, 11) is 0. The fraction of sp³-hybridized carbons (Fsp3) is 0.333. The average Bonchev–Trinajstić information content (AvgIpc) is 4.22. The topological polar surface area (TPSA) is 56.1 Å². The summed E-state index contributed by atoms with van der Waals surface area (Å²) in [5, 5.41) is 4.62. The normalized spacial score (nSPS) is 19.9. The van der Waals surface area contributed by atoms with Gasteiger partial charge in [-0.2, -0.15) is 0 Å². The minimum absolute atomic E-state index is 0.0707. The predicted molar refractivity (Wildman–Crippen MR) is 325 cm³/mol. The molecule has 0 bridgehead atoms. The molecule has 0 radical (unpaired) electrons. The molecule has 0 saturated heterocycles. The van der Waals surface area contributed by atoms with E-state index in [1.165, 1.54) is 67.0 Å². The van der Waals surface area contributed by atoms with Crippen molar-refractivity contribution in [1.82, 2.24) is 0 Å². The summed E-state index contributed by atoms with van der Waals surface area (Å²) < 4.78 is 14.5. The first kappa shape index (κ1) is 50.2. The van der Waals surface area contributed by atoms with Gasteiger partial charge in [-0.15, -0.1) is 0 Å².